The number of carbonyl (C=O) groups is 2. The van der Waals surface area contributed by atoms with E-state index in [4.69, 9.17) is 9.47 Å². The number of piperazine rings is 1. The van der Waals surface area contributed by atoms with Gasteiger partial charge in [-0.2, -0.15) is 5.10 Å². The third kappa shape index (κ3) is 4.05. The third-order valence-corrected chi connectivity index (χ3v) is 5.62. The smallest absolute Gasteiger partial charge is 0.321 e. The number of aryl methyl sites for hydroxylation is 2. The number of nitrogens with one attached hydrogen (secondary N) is 1. The molecule has 160 valence electrons. The SMILES string of the molecule is COc1ccc(NC(=O)N2CCN(C(=O)c3cc4n(n3)CCCC4)CC2)cc1OC. The van der Waals surface area contributed by atoms with Gasteiger partial charge in [0.2, 0.25) is 0 Å². The average Bonchev–Trinajstić information content (AvgIpc) is 3.23. The number of aromatic nitrogens is 2. The van der Waals surface area contributed by atoms with Crippen LogP contribution in [0.25, 0.3) is 0 Å². The van der Waals surface area contributed by atoms with E-state index in [-0.39, 0.29) is 11.9 Å². The highest BCUT2D eigenvalue weighted by molar-refractivity contribution is 5.93. The van der Waals surface area contributed by atoms with Gasteiger partial charge in [-0.15, -0.1) is 0 Å². The Labute approximate surface area is 175 Å². The zero-order valence-corrected chi connectivity index (χ0v) is 17.4. The van der Waals surface area contributed by atoms with Gasteiger partial charge in [0.15, 0.2) is 17.2 Å². The molecule has 0 radical (unpaired) electrons. The molecule has 9 nitrogen and oxygen atoms in total. The lowest BCUT2D eigenvalue weighted by atomic mass is 10.1. The first-order valence-corrected chi connectivity index (χ1v) is 10.2. The van der Waals surface area contributed by atoms with Gasteiger partial charge in [-0.25, -0.2) is 4.79 Å². The molecule has 1 saturated heterocycles. The van der Waals surface area contributed by atoms with E-state index in [9.17, 15) is 9.59 Å². The Morgan fingerprint density at radius 3 is 2.37 bits per heavy atom. The number of carbonyl (C=O) groups excluding carboxylic acids is 2. The van der Waals surface area contributed by atoms with Gasteiger partial charge in [-0.05, 0) is 37.5 Å². The predicted octanol–water partition coefficient (Wildman–Crippen LogP) is 2.23. The zero-order valence-electron chi connectivity index (χ0n) is 17.4. The summed E-state index contributed by atoms with van der Waals surface area (Å²) >= 11 is 0. The van der Waals surface area contributed by atoms with Crippen LogP contribution >= 0.6 is 0 Å². The second-order valence-electron chi connectivity index (χ2n) is 7.48. The van der Waals surface area contributed by atoms with Crippen LogP contribution in [0.2, 0.25) is 0 Å². The number of hydrogen-bond acceptors (Lipinski definition) is 5. The van der Waals surface area contributed by atoms with Gasteiger partial charge < -0.3 is 24.6 Å². The van der Waals surface area contributed by atoms with Crippen LogP contribution in [-0.4, -0.2) is 71.9 Å². The molecule has 2 aromatic rings. The number of amides is 3. The van der Waals surface area contributed by atoms with Crippen LogP contribution in [0.5, 0.6) is 11.5 Å². The normalized spacial score (nSPS) is 16.1. The van der Waals surface area contributed by atoms with Crippen LogP contribution in [0.3, 0.4) is 0 Å². The fourth-order valence-corrected chi connectivity index (χ4v) is 3.91. The number of fused-ring (bicyclic) bond motifs is 1. The topological polar surface area (TPSA) is 88.9 Å². The van der Waals surface area contributed by atoms with Crippen LogP contribution in [0.4, 0.5) is 10.5 Å². The molecule has 1 aromatic heterocycles. The summed E-state index contributed by atoms with van der Waals surface area (Å²) in [6, 6.07) is 6.94. The van der Waals surface area contributed by atoms with Crippen molar-refractivity contribution in [2.24, 2.45) is 0 Å². The molecule has 0 atom stereocenters. The van der Waals surface area contributed by atoms with Crippen molar-refractivity contribution in [2.75, 3.05) is 45.7 Å². The number of ether oxygens (including phenoxy) is 2. The number of anilines is 1. The van der Waals surface area contributed by atoms with Gasteiger partial charge in [0.1, 0.15) is 0 Å². The molecule has 2 aliphatic rings. The second kappa shape index (κ2) is 8.64. The Morgan fingerprint density at radius 1 is 0.933 bits per heavy atom. The summed E-state index contributed by atoms with van der Waals surface area (Å²) in [6.07, 6.45) is 3.23. The monoisotopic (exact) mass is 413 g/mol. The lowest BCUT2D eigenvalue weighted by Gasteiger charge is -2.34. The maximum absolute atomic E-state index is 12.8. The minimum absolute atomic E-state index is 0.0585. The molecule has 9 heteroatoms. The Kier molecular flexibility index (Phi) is 5.78. The first-order chi connectivity index (χ1) is 14.6. The predicted molar refractivity (Wildman–Crippen MR) is 111 cm³/mol. The summed E-state index contributed by atoms with van der Waals surface area (Å²) in [5.41, 5.74) is 2.27. The first-order valence-electron chi connectivity index (χ1n) is 10.2. The zero-order chi connectivity index (χ0) is 21.1. The van der Waals surface area contributed by atoms with Crippen molar-refractivity contribution in [1.29, 1.82) is 0 Å². The number of hydrogen-bond donors (Lipinski definition) is 1. The van der Waals surface area contributed by atoms with Crippen molar-refractivity contribution in [3.05, 3.63) is 35.7 Å². The van der Waals surface area contributed by atoms with Crippen LogP contribution < -0.4 is 14.8 Å². The number of rotatable bonds is 4. The Balaban J connectivity index is 1.33. The van der Waals surface area contributed by atoms with Gasteiger partial charge in [0.25, 0.3) is 5.91 Å². The van der Waals surface area contributed by atoms with Crippen molar-refractivity contribution < 1.29 is 19.1 Å². The van der Waals surface area contributed by atoms with Crippen molar-refractivity contribution in [1.82, 2.24) is 19.6 Å². The summed E-state index contributed by atoms with van der Waals surface area (Å²) in [7, 11) is 3.12. The molecule has 1 aromatic carbocycles. The van der Waals surface area contributed by atoms with E-state index in [1.165, 1.54) is 0 Å². The van der Waals surface area contributed by atoms with E-state index in [0.29, 0.717) is 49.1 Å². The molecule has 0 aliphatic carbocycles. The van der Waals surface area contributed by atoms with Crippen LogP contribution in [0, 0.1) is 0 Å². The molecular weight excluding hydrogens is 386 g/mol. The number of methoxy groups -OCH3 is 2. The van der Waals surface area contributed by atoms with Gasteiger partial charge in [0.05, 0.1) is 14.2 Å². The first kappa shape index (κ1) is 20.1. The van der Waals surface area contributed by atoms with E-state index in [1.54, 1.807) is 42.2 Å². The molecule has 0 bridgehead atoms. The molecule has 1 fully saturated rings. The van der Waals surface area contributed by atoms with Crippen LogP contribution in [-0.2, 0) is 13.0 Å². The van der Waals surface area contributed by atoms with Crippen molar-refractivity contribution >= 4 is 17.6 Å². The molecule has 3 amide bonds. The number of benzene rings is 1. The highest BCUT2D eigenvalue weighted by atomic mass is 16.5. The molecule has 3 heterocycles. The maximum atomic E-state index is 12.8. The quantitative estimate of drug-likeness (QED) is 0.830. The van der Waals surface area contributed by atoms with E-state index in [0.717, 1.165) is 31.5 Å². The minimum atomic E-state index is -0.202. The Hall–Kier alpha value is -3.23. The second-order valence-corrected chi connectivity index (χ2v) is 7.48. The van der Waals surface area contributed by atoms with E-state index in [2.05, 4.69) is 10.4 Å². The van der Waals surface area contributed by atoms with Gasteiger partial charge in [-0.1, -0.05) is 0 Å². The summed E-state index contributed by atoms with van der Waals surface area (Å²) in [5.74, 6) is 1.09. The summed E-state index contributed by atoms with van der Waals surface area (Å²) < 4.78 is 12.4. The van der Waals surface area contributed by atoms with Gasteiger partial charge >= 0.3 is 6.03 Å². The van der Waals surface area contributed by atoms with Crippen molar-refractivity contribution in [3.63, 3.8) is 0 Å². The fourth-order valence-electron chi connectivity index (χ4n) is 3.91. The summed E-state index contributed by atoms with van der Waals surface area (Å²) in [6.45, 7) is 2.80. The number of urea groups is 1. The van der Waals surface area contributed by atoms with E-state index < -0.39 is 0 Å². The van der Waals surface area contributed by atoms with Crippen LogP contribution in [0.15, 0.2) is 24.3 Å². The molecule has 0 saturated carbocycles. The molecular formula is C21H27N5O4. The van der Waals surface area contributed by atoms with Crippen LogP contribution in [0.1, 0.15) is 29.0 Å². The Bertz CT molecular complexity index is 910. The molecule has 0 unspecified atom stereocenters. The molecule has 0 spiro atoms. The highest BCUT2D eigenvalue weighted by Crippen LogP contribution is 2.29. The van der Waals surface area contributed by atoms with Crippen molar-refractivity contribution in [2.45, 2.75) is 25.8 Å². The van der Waals surface area contributed by atoms with E-state index >= 15 is 0 Å². The minimum Gasteiger partial charge on any atom is -0.493 e. The molecule has 2 aliphatic heterocycles. The van der Waals surface area contributed by atoms with Gasteiger partial charge in [0, 0.05) is 50.2 Å². The van der Waals surface area contributed by atoms with E-state index in [1.807, 2.05) is 10.7 Å². The number of nitrogens with zero attached hydrogens (tertiary/aromatic N) is 4. The largest absolute Gasteiger partial charge is 0.493 e. The fraction of sp³-hybridized carbons (Fsp3) is 0.476. The highest BCUT2D eigenvalue weighted by Gasteiger charge is 2.27. The third-order valence-electron chi connectivity index (χ3n) is 5.62. The molecule has 30 heavy (non-hydrogen) atoms. The van der Waals surface area contributed by atoms with Crippen molar-refractivity contribution in [3.8, 4) is 11.5 Å². The molecule has 4 rings (SSSR count). The maximum Gasteiger partial charge on any atom is 0.321 e. The lowest BCUT2D eigenvalue weighted by molar-refractivity contribution is 0.0665. The molecule has 1 N–H and O–H groups in total. The Morgan fingerprint density at radius 2 is 1.67 bits per heavy atom. The lowest BCUT2D eigenvalue weighted by Crippen LogP contribution is -2.51. The summed E-state index contributed by atoms with van der Waals surface area (Å²) in [4.78, 5) is 28.9. The average molecular weight is 413 g/mol. The van der Waals surface area contributed by atoms with Gasteiger partial charge in [-0.3, -0.25) is 9.48 Å². The standard InChI is InChI=1S/C21H27N5O4/c1-29-18-7-6-15(13-19(18)30-2)22-21(28)25-11-9-24(10-12-25)20(27)17-14-16-5-3-4-8-26(16)23-17/h6-7,13-14H,3-5,8-12H2,1-2H3,(H,22,28). The summed E-state index contributed by atoms with van der Waals surface area (Å²) in [5, 5.41) is 7.36.